The molecule has 0 saturated heterocycles. The summed E-state index contributed by atoms with van der Waals surface area (Å²) >= 11 is 0. The van der Waals surface area contributed by atoms with E-state index in [2.05, 4.69) is 37.1 Å². The first-order valence-corrected chi connectivity index (χ1v) is 8.70. The van der Waals surface area contributed by atoms with Crippen LogP contribution < -0.4 is 5.32 Å². The lowest BCUT2D eigenvalue weighted by atomic mass is 10.1. The molecule has 1 heterocycles. The largest absolute Gasteiger partial charge is 0.468 e. The highest BCUT2D eigenvalue weighted by Crippen LogP contribution is 2.26. The maximum atomic E-state index is 5.79. The van der Waals surface area contributed by atoms with E-state index in [-0.39, 0.29) is 0 Å². The molecule has 3 nitrogen and oxygen atoms in total. The quantitative estimate of drug-likeness (QED) is 0.692. The second-order valence-corrected chi connectivity index (χ2v) is 6.86. The molecule has 0 spiro atoms. The third kappa shape index (κ3) is 5.48. The Labute approximate surface area is 130 Å². The molecule has 1 aliphatic carbocycles. The van der Waals surface area contributed by atoms with Gasteiger partial charge in [-0.3, -0.25) is 4.90 Å². The van der Waals surface area contributed by atoms with E-state index in [1.807, 2.05) is 6.26 Å². The lowest BCUT2D eigenvalue weighted by molar-refractivity contribution is 0.156. The minimum atomic E-state index is 0.714. The van der Waals surface area contributed by atoms with Gasteiger partial charge in [-0.15, -0.1) is 0 Å². The predicted octanol–water partition coefficient (Wildman–Crippen LogP) is 4.18. The Morgan fingerprint density at radius 3 is 2.76 bits per heavy atom. The van der Waals surface area contributed by atoms with E-state index in [1.165, 1.54) is 44.2 Å². The van der Waals surface area contributed by atoms with Crippen molar-refractivity contribution in [2.45, 2.75) is 72.0 Å². The van der Waals surface area contributed by atoms with E-state index < -0.39 is 0 Å². The molecule has 1 aromatic heterocycles. The summed E-state index contributed by atoms with van der Waals surface area (Å²) in [4.78, 5) is 2.64. The summed E-state index contributed by atoms with van der Waals surface area (Å²) < 4.78 is 5.79. The monoisotopic (exact) mass is 292 g/mol. The van der Waals surface area contributed by atoms with Gasteiger partial charge >= 0.3 is 0 Å². The van der Waals surface area contributed by atoms with Crippen molar-refractivity contribution >= 4 is 0 Å². The van der Waals surface area contributed by atoms with Crippen LogP contribution in [0.1, 0.15) is 64.2 Å². The lowest BCUT2D eigenvalue weighted by Crippen LogP contribution is -2.35. The molecule has 21 heavy (non-hydrogen) atoms. The van der Waals surface area contributed by atoms with E-state index in [9.17, 15) is 0 Å². The topological polar surface area (TPSA) is 28.4 Å². The highest BCUT2D eigenvalue weighted by Gasteiger charge is 2.24. The van der Waals surface area contributed by atoms with Crippen LogP contribution in [0.4, 0.5) is 0 Å². The number of hydrogen-bond donors (Lipinski definition) is 1. The number of hydrogen-bond acceptors (Lipinski definition) is 3. The molecule has 0 unspecified atom stereocenters. The van der Waals surface area contributed by atoms with Gasteiger partial charge in [0.25, 0.3) is 0 Å². The van der Waals surface area contributed by atoms with Crippen molar-refractivity contribution in [3.63, 3.8) is 0 Å². The van der Waals surface area contributed by atoms with Crippen LogP contribution in [-0.4, -0.2) is 24.0 Å². The molecule has 120 valence electrons. The third-order valence-corrected chi connectivity index (χ3v) is 4.26. The maximum absolute atomic E-state index is 5.79. The molecule has 1 aromatic rings. The Hall–Kier alpha value is -0.800. The molecule has 1 saturated carbocycles. The van der Waals surface area contributed by atoms with Crippen LogP contribution in [0.5, 0.6) is 0 Å². The standard InChI is InChI=1S/C18H32N2O/c1-4-9-19-11-16-10-18(21-14-16)13-20(12-15(2)3)17-7-5-6-8-17/h10,14-15,17,19H,4-9,11-13H2,1-3H3. The van der Waals surface area contributed by atoms with Crippen molar-refractivity contribution < 1.29 is 4.42 Å². The number of nitrogens with zero attached hydrogens (tertiary/aromatic N) is 1. The number of nitrogens with one attached hydrogen (secondary N) is 1. The van der Waals surface area contributed by atoms with Crippen molar-refractivity contribution in [3.8, 4) is 0 Å². The Morgan fingerprint density at radius 1 is 1.33 bits per heavy atom. The first-order valence-electron chi connectivity index (χ1n) is 8.70. The molecule has 0 aliphatic heterocycles. The summed E-state index contributed by atoms with van der Waals surface area (Å²) in [7, 11) is 0. The van der Waals surface area contributed by atoms with Crippen molar-refractivity contribution in [1.29, 1.82) is 0 Å². The van der Waals surface area contributed by atoms with Gasteiger partial charge < -0.3 is 9.73 Å². The first-order chi connectivity index (χ1) is 10.2. The van der Waals surface area contributed by atoms with Gasteiger partial charge in [0, 0.05) is 24.7 Å². The van der Waals surface area contributed by atoms with Crippen LogP contribution in [0, 0.1) is 5.92 Å². The summed E-state index contributed by atoms with van der Waals surface area (Å²) in [5.41, 5.74) is 1.27. The zero-order valence-corrected chi connectivity index (χ0v) is 14.0. The molecule has 0 atom stereocenters. The molecular weight excluding hydrogens is 260 g/mol. The van der Waals surface area contributed by atoms with Gasteiger partial charge in [0.2, 0.25) is 0 Å². The van der Waals surface area contributed by atoms with E-state index >= 15 is 0 Å². The summed E-state index contributed by atoms with van der Waals surface area (Å²) in [6.07, 6.45) is 8.60. The number of furan rings is 1. The van der Waals surface area contributed by atoms with Gasteiger partial charge in [-0.25, -0.2) is 0 Å². The molecule has 0 radical (unpaired) electrons. The van der Waals surface area contributed by atoms with E-state index in [1.54, 1.807) is 0 Å². The maximum Gasteiger partial charge on any atom is 0.118 e. The molecule has 1 N–H and O–H groups in total. The molecule has 0 bridgehead atoms. The van der Waals surface area contributed by atoms with Gasteiger partial charge in [0.15, 0.2) is 0 Å². The van der Waals surface area contributed by atoms with Gasteiger partial charge in [-0.2, -0.15) is 0 Å². The van der Waals surface area contributed by atoms with Crippen LogP contribution >= 0.6 is 0 Å². The zero-order chi connectivity index (χ0) is 15.1. The van der Waals surface area contributed by atoms with Gasteiger partial charge in [-0.05, 0) is 37.8 Å². The fourth-order valence-corrected chi connectivity index (χ4v) is 3.29. The van der Waals surface area contributed by atoms with Crippen molar-refractivity contribution in [3.05, 3.63) is 23.7 Å². The molecule has 2 rings (SSSR count). The van der Waals surface area contributed by atoms with Crippen LogP contribution in [0.2, 0.25) is 0 Å². The molecule has 1 aliphatic rings. The normalized spacial score (nSPS) is 16.4. The van der Waals surface area contributed by atoms with Crippen LogP contribution in [-0.2, 0) is 13.1 Å². The van der Waals surface area contributed by atoms with Crippen LogP contribution in [0.15, 0.2) is 16.7 Å². The summed E-state index contributed by atoms with van der Waals surface area (Å²) in [6.45, 7) is 11.0. The third-order valence-electron chi connectivity index (χ3n) is 4.26. The summed E-state index contributed by atoms with van der Waals surface area (Å²) in [6, 6.07) is 2.99. The smallest absolute Gasteiger partial charge is 0.118 e. The fourth-order valence-electron chi connectivity index (χ4n) is 3.29. The van der Waals surface area contributed by atoms with E-state index in [4.69, 9.17) is 4.42 Å². The van der Waals surface area contributed by atoms with Crippen molar-refractivity contribution in [2.24, 2.45) is 5.92 Å². The van der Waals surface area contributed by atoms with Gasteiger partial charge in [0.1, 0.15) is 5.76 Å². The SMILES string of the molecule is CCCNCc1coc(CN(CC(C)C)C2CCCC2)c1. The molecular formula is C18H32N2O. The first kappa shape index (κ1) is 16.6. The van der Waals surface area contributed by atoms with Gasteiger partial charge in [0.05, 0.1) is 12.8 Å². The average molecular weight is 292 g/mol. The van der Waals surface area contributed by atoms with Crippen LogP contribution in [0.25, 0.3) is 0 Å². The second-order valence-electron chi connectivity index (χ2n) is 6.86. The average Bonchev–Trinajstić information content (AvgIpc) is 3.09. The fraction of sp³-hybridized carbons (Fsp3) is 0.778. The Morgan fingerprint density at radius 2 is 2.10 bits per heavy atom. The minimum absolute atomic E-state index is 0.714. The lowest BCUT2D eigenvalue weighted by Gasteiger charge is -2.29. The number of rotatable bonds is 9. The van der Waals surface area contributed by atoms with E-state index in [0.29, 0.717) is 5.92 Å². The van der Waals surface area contributed by atoms with Crippen molar-refractivity contribution in [2.75, 3.05) is 13.1 Å². The highest BCUT2D eigenvalue weighted by atomic mass is 16.3. The highest BCUT2D eigenvalue weighted by molar-refractivity contribution is 5.12. The summed E-state index contributed by atoms with van der Waals surface area (Å²) in [5, 5.41) is 3.43. The predicted molar refractivity (Wildman–Crippen MR) is 88.2 cm³/mol. The molecule has 0 aromatic carbocycles. The Bertz CT molecular complexity index is 394. The van der Waals surface area contributed by atoms with E-state index in [0.717, 1.165) is 31.4 Å². The van der Waals surface area contributed by atoms with Crippen molar-refractivity contribution in [1.82, 2.24) is 10.2 Å². The molecule has 0 amide bonds. The summed E-state index contributed by atoms with van der Waals surface area (Å²) in [5.74, 6) is 1.84. The Kier molecular flexibility index (Phi) is 6.78. The molecule has 1 fully saturated rings. The molecule has 3 heteroatoms. The zero-order valence-electron chi connectivity index (χ0n) is 14.0. The second kappa shape index (κ2) is 8.60. The minimum Gasteiger partial charge on any atom is -0.468 e. The Balaban J connectivity index is 1.89. The van der Waals surface area contributed by atoms with Gasteiger partial charge in [-0.1, -0.05) is 33.6 Å². The van der Waals surface area contributed by atoms with Crippen LogP contribution in [0.3, 0.4) is 0 Å².